The Morgan fingerprint density at radius 2 is 2.03 bits per heavy atom. The summed E-state index contributed by atoms with van der Waals surface area (Å²) in [6, 6.07) is 8.67. The Balaban J connectivity index is 1.64. The summed E-state index contributed by atoms with van der Waals surface area (Å²) < 4.78 is 1.53. The van der Waals surface area contributed by atoms with Crippen molar-refractivity contribution in [2.45, 2.75) is 38.6 Å². The summed E-state index contributed by atoms with van der Waals surface area (Å²) in [7, 11) is 0. The number of carbonyl (C=O) groups excluding carboxylic acids is 1. The van der Waals surface area contributed by atoms with Crippen LogP contribution < -0.4 is 10.6 Å². The molecule has 0 saturated heterocycles. The van der Waals surface area contributed by atoms with Crippen molar-refractivity contribution < 1.29 is 15.0 Å². The van der Waals surface area contributed by atoms with E-state index < -0.39 is 0 Å². The van der Waals surface area contributed by atoms with E-state index in [0.29, 0.717) is 28.4 Å². The number of benzene rings is 1. The van der Waals surface area contributed by atoms with Crippen molar-refractivity contribution in [2.75, 3.05) is 23.8 Å². The highest BCUT2D eigenvalue weighted by Crippen LogP contribution is 2.23. The summed E-state index contributed by atoms with van der Waals surface area (Å²) in [5, 5.41) is 30.1. The van der Waals surface area contributed by atoms with Crippen molar-refractivity contribution in [1.29, 1.82) is 0 Å². The molecule has 33 heavy (non-hydrogen) atoms. The van der Waals surface area contributed by atoms with Crippen LogP contribution in [0.25, 0.3) is 5.82 Å². The number of anilines is 2. The second-order valence-corrected chi connectivity index (χ2v) is 8.69. The van der Waals surface area contributed by atoms with Gasteiger partial charge in [-0.25, -0.2) is 9.67 Å². The molecule has 9 nitrogen and oxygen atoms in total. The van der Waals surface area contributed by atoms with Crippen molar-refractivity contribution >= 4 is 29.1 Å². The molecular formula is C23H29ClN6O3. The van der Waals surface area contributed by atoms with Crippen molar-refractivity contribution in [1.82, 2.24) is 19.7 Å². The smallest absolute Gasteiger partial charge is 0.225 e. The van der Waals surface area contributed by atoms with Crippen LogP contribution in [-0.2, 0) is 4.79 Å². The monoisotopic (exact) mass is 472 g/mol. The van der Waals surface area contributed by atoms with Gasteiger partial charge in [-0.2, -0.15) is 10.1 Å². The van der Waals surface area contributed by atoms with Crippen molar-refractivity contribution in [2.24, 2.45) is 5.92 Å². The molecule has 2 atom stereocenters. The second kappa shape index (κ2) is 11.7. The number of aliphatic hydroxyl groups is 2. The lowest BCUT2D eigenvalue weighted by Crippen LogP contribution is -2.26. The Morgan fingerprint density at radius 3 is 2.73 bits per heavy atom. The number of aromatic nitrogens is 4. The molecule has 0 saturated carbocycles. The Morgan fingerprint density at radius 1 is 1.21 bits per heavy atom. The predicted molar refractivity (Wildman–Crippen MR) is 128 cm³/mol. The summed E-state index contributed by atoms with van der Waals surface area (Å²) >= 11 is 6.02. The minimum Gasteiger partial charge on any atom is -0.396 e. The van der Waals surface area contributed by atoms with Crippen LogP contribution in [0.3, 0.4) is 0 Å². The highest BCUT2D eigenvalue weighted by atomic mass is 35.5. The van der Waals surface area contributed by atoms with Crippen molar-refractivity contribution in [3.05, 3.63) is 59.5 Å². The summed E-state index contributed by atoms with van der Waals surface area (Å²) in [5.41, 5.74) is 1.31. The third kappa shape index (κ3) is 7.24. The predicted octanol–water partition coefficient (Wildman–Crippen LogP) is 3.24. The van der Waals surface area contributed by atoms with E-state index in [9.17, 15) is 15.0 Å². The highest BCUT2D eigenvalue weighted by molar-refractivity contribution is 6.30. The average molecular weight is 473 g/mol. The molecule has 0 aliphatic carbocycles. The molecule has 3 rings (SSSR count). The van der Waals surface area contributed by atoms with E-state index in [1.807, 2.05) is 6.07 Å². The third-order valence-corrected chi connectivity index (χ3v) is 5.26. The van der Waals surface area contributed by atoms with E-state index in [4.69, 9.17) is 11.6 Å². The van der Waals surface area contributed by atoms with Crippen LogP contribution in [0.2, 0.25) is 5.02 Å². The Kier molecular flexibility index (Phi) is 8.76. The first-order valence-corrected chi connectivity index (χ1v) is 11.2. The molecule has 176 valence electrons. The van der Waals surface area contributed by atoms with Gasteiger partial charge in [0.05, 0.1) is 37.3 Å². The van der Waals surface area contributed by atoms with Gasteiger partial charge in [-0.15, -0.1) is 0 Å². The number of nitrogens with zero attached hydrogens (tertiary/aromatic N) is 4. The standard InChI is InChI=1S/C23H29ClN6O3/c1-15(2)8-19(14-32)28-23-25-7-6-21(29-23)30-12-20(11-26-30)27-22(33)10-17(13-31)16-4-3-5-18(24)9-16/h3-7,9,11-12,15,17,19,31-32H,8,10,13-14H2,1-2H3,(H,27,33)(H,25,28,29)/t17-,19?/m1/s1. The summed E-state index contributed by atoms with van der Waals surface area (Å²) in [4.78, 5) is 21.2. The minimum absolute atomic E-state index is 0.0201. The molecule has 1 unspecified atom stereocenters. The zero-order valence-electron chi connectivity index (χ0n) is 18.6. The molecule has 1 aromatic carbocycles. The van der Waals surface area contributed by atoms with E-state index >= 15 is 0 Å². The van der Waals surface area contributed by atoms with Crippen LogP contribution in [0.15, 0.2) is 48.9 Å². The number of hydrogen-bond acceptors (Lipinski definition) is 7. The zero-order chi connectivity index (χ0) is 23.8. The van der Waals surface area contributed by atoms with Gasteiger partial charge in [0.1, 0.15) is 0 Å². The molecule has 0 radical (unpaired) electrons. The first-order valence-electron chi connectivity index (χ1n) is 10.8. The van der Waals surface area contributed by atoms with Crippen LogP contribution in [0, 0.1) is 5.92 Å². The first-order chi connectivity index (χ1) is 15.9. The second-order valence-electron chi connectivity index (χ2n) is 8.25. The van der Waals surface area contributed by atoms with Gasteiger partial charge in [-0.3, -0.25) is 4.79 Å². The van der Waals surface area contributed by atoms with Crippen LogP contribution in [0.4, 0.5) is 11.6 Å². The lowest BCUT2D eigenvalue weighted by Gasteiger charge is -2.18. The van der Waals surface area contributed by atoms with Gasteiger partial charge >= 0.3 is 0 Å². The molecule has 2 heterocycles. The van der Waals surface area contributed by atoms with Crippen LogP contribution in [0.5, 0.6) is 0 Å². The molecule has 2 aromatic heterocycles. The largest absolute Gasteiger partial charge is 0.396 e. The van der Waals surface area contributed by atoms with E-state index in [2.05, 4.69) is 39.5 Å². The number of carbonyl (C=O) groups is 1. The quantitative estimate of drug-likeness (QED) is 0.337. The lowest BCUT2D eigenvalue weighted by atomic mass is 9.96. The molecule has 10 heteroatoms. The minimum atomic E-state index is -0.362. The zero-order valence-corrected chi connectivity index (χ0v) is 19.4. The lowest BCUT2D eigenvalue weighted by molar-refractivity contribution is -0.116. The van der Waals surface area contributed by atoms with Gasteiger partial charge in [-0.05, 0) is 30.0 Å². The fourth-order valence-electron chi connectivity index (χ4n) is 3.47. The number of nitrogens with one attached hydrogen (secondary N) is 2. The van der Waals surface area contributed by atoms with Gasteiger partial charge in [0.2, 0.25) is 11.9 Å². The molecule has 0 aliphatic rings. The number of halogens is 1. The Hall–Kier alpha value is -3.01. The van der Waals surface area contributed by atoms with Crippen LogP contribution >= 0.6 is 11.6 Å². The third-order valence-electron chi connectivity index (χ3n) is 5.02. The number of rotatable bonds is 11. The van der Waals surface area contributed by atoms with Crippen LogP contribution in [0.1, 0.15) is 38.2 Å². The Bertz CT molecular complexity index is 1060. The Labute approximate surface area is 197 Å². The fourth-order valence-corrected chi connectivity index (χ4v) is 3.67. The summed E-state index contributed by atoms with van der Waals surface area (Å²) in [5.74, 6) is 0.707. The SMILES string of the molecule is CC(C)CC(CO)Nc1nccc(-n2cc(NC(=O)C[C@H](CO)c3cccc(Cl)c3)cn2)n1. The van der Waals surface area contributed by atoms with Gasteiger partial charge < -0.3 is 20.8 Å². The molecular weight excluding hydrogens is 444 g/mol. The molecule has 3 aromatic rings. The van der Waals surface area contributed by atoms with E-state index in [1.165, 1.54) is 10.9 Å². The fraction of sp³-hybridized carbons (Fsp3) is 0.391. The van der Waals surface area contributed by atoms with Gasteiger partial charge in [0.25, 0.3) is 0 Å². The maximum absolute atomic E-state index is 12.5. The molecule has 0 spiro atoms. The van der Waals surface area contributed by atoms with Crippen LogP contribution in [-0.4, -0.2) is 55.1 Å². The molecule has 4 N–H and O–H groups in total. The molecule has 0 fully saturated rings. The van der Waals surface area contributed by atoms with E-state index in [1.54, 1.807) is 36.7 Å². The van der Waals surface area contributed by atoms with E-state index in [0.717, 1.165) is 12.0 Å². The number of aliphatic hydroxyl groups excluding tert-OH is 2. The summed E-state index contributed by atoms with van der Waals surface area (Å²) in [6.07, 6.45) is 5.66. The average Bonchev–Trinajstić information content (AvgIpc) is 3.25. The molecule has 1 amide bonds. The highest BCUT2D eigenvalue weighted by Gasteiger charge is 2.17. The summed E-state index contributed by atoms with van der Waals surface area (Å²) in [6.45, 7) is 3.97. The maximum atomic E-state index is 12.5. The normalized spacial score (nSPS) is 13.0. The molecule has 0 aliphatic heterocycles. The van der Waals surface area contributed by atoms with E-state index in [-0.39, 0.29) is 37.5 Å². The molecule has 0 bridgehead atoms. The van der Waals surface area contributed by atoms with Gasteiger partial charge in [-0.1, -0.05) is 37.6 Å². The number of hydrogen-bond donors (Lipinski definition) is 4. The maximum Gasteiger partial charge on any atom is 0.225 e. The van der Waals surface area contributed by atoms with Gasteiger partial charge in [0, 0.05) is 29.6 Å². The van der Waals surface area contributed by atoms with Crippen molar-refractivity contribution in [3.63, 3.8) is 0 Å². The number of amides is 1. The first kappa shape index (κ1) is 24.6. The van der Waals surface area contributed by atoms with Gasteiger partial charge in [0.15, 0.2) is 5.82 Å². The topological polar surface area (TPSA) is 125 Å². The van der Waals surface area contributed by atoms with Crippen molar-refractivity contribution in [3.8, 4) is 5.82 Å².